The smallest absolute Gasteiger partial charge is 0.117 e. The maximum absolute atomic E-state index is 5.92. The summed E-state index contributed by atoms with van der Waals surface area (Å²) in [5, 5.41) is 3.54. The van der Waals surface area contributed by atoms with Gasteiger partial charge in [0.2, 0.25) is 0 Å². The summed E-state index contributed by atoms with van der Waals surface area (Å²) in [6, 6.07) is 4.30. The van der Waals surface area contributed by atoms with Crippen LogP contribution in [-0.2, 0) is 6.54 Å². The van der Waals surface area contributed by atoms with Gasteiger partial charge in [-0.05, 0) is 62.9 Å². The predicted molar refractivity (Wildman–Crippen MR) is 81.8 cm³/mol. The molecule has 1 saturated carbocycles. The Morgan fingerprint density at radius 2 is 2.10 bits per heavy atom. The van der Waals surface area contributed by atoms with Crippen molar-refractivity contribution in [3.05, 3.63) is 23.7 Å². The van der Waals surface area contributed by atoms with Crippen molar-refractivity contribution >= 4 is 0 Å². The molecule has 112 valence electrons. The van der Waals surface area contributed by atoms with Gasteiger partial charge in [-0.25, -0.2) is 0 Å². The van der Waals surface area contributed by atoms with Gasteiger partial charge in [-0.2, -0.15) is 0 Å². The quantitative estimate of drug-likeness (QED) is 0.829. The van der Waals surface area contributed by atoms with Crippen LogP contribution in [0.1, 0.15) is 50.5 Å². The molecular weight excluding hydrogens is 248 g/mol. The summed E-state index contributed by atoms with van der Waals surface area (Å²) in [6.45, 7) is 10.4. The van der Waals surface area contributed by atoms with Crippen LogP contribution in [0.2, 0.25) is 0 Å². The lowest BCUT2D eigenvalue weighted by Gasteiger charge is -2.20. The average Bonchev–Trinajstić information content (AvgIpc) is 2.87. The molecule has 1 N–H and O–H groups in total. The molecule has 0 bridgehead atoms. The van der Waals surface area contributed by atoms with Crippen LogP contribution in [-0.4, -0.2) is 31.1 Å². The van der Waals surface area contributed by atoms with Crippen molar-refractivity contribution in [1.29, 1.82) is 0 Å². The van der Waals surface area contributed by atoms with E-state index in [-0.39, 0.29) is 0 Å². The third-order valence-corrected chi connectivity index (χ3v) is 4.72. The first-order chi connectivity index (χ1) is 9.72. The first kappa shape index (κ1) is 14.2. The van der Waals surface area contributed by atoms with Gasteiger partial charge in [0.15, 0.2) is 0 Å². The van der Waals surface area contributed by atoms with E-state index in [1.165, 1.54) is 44.7 Å². The van der Waals surface area contributed by atoms with Crippen LogP contribution >= 0.6 is 0 Å². The Morgan fingerprint density at radius 1 is 1.35 bits per heavy atom. The van der Waals surface area contributed by atoms with Crippen molar-refractivity contribution in [2.45, 2.75) is 45.6 Å². The van der Waals surface area contributed by atoms with Gasteiger partial charge in [0.1, 0.15) is 11.5 Å². The molecule has 3 atom stereocenters. The Balaban J connectivity index is 1.35. The zero-order valence-electron chi connectivity index (χ0n) is 12.9. The van der Waals surface area contributed by atoms with Crippen LogP contribution in [0.15, 0.2) is 16.5 Å². The fourth-order valence-electron chi connectivity index (χ4n) is 3.32. The summed E-state index contributed by atoms with van der Waals surface area (Å²) >= 11 is 0. The molecule has 0 radical (unpaired) electrons. The molecule has 1 aromatic rings. The van der Waals surface area contributed by atoms with E-state index in [4.69, 9.17) is 4.42 Å². The average molecular weight is 276 g/mol. The highest BCUT2D eigenvalue weighted by molar-refractivity contribution is 5.17. The maximum atomic E-state index is 5.92. The lowest BCUT2D eigenvalue weighted by molar-refractivity contribution is 0.281. The normalized spacial score (nSPS) is 27.9. The van der Waals surface area contributed by atoms with E-state index < -0.39 is 0 Å². The topological polar surface area (TPSA) is 28.4 Å². The zero-order valence-corrected chi connectivity index (χ0v) is 12.9. The number of likely N-dealkylation sites (tertiary alicyclic amines) is 1. The van der Waals surface area contributed by atoms with E-state index in [9.17, 15) is 0 Å². The van der Waals surface area contributed by atoms with Crippen molar-refractivity contribution < 1.29 is 4.42 Å². The van der Waals surface area contributed by atoms with Crippen molar-refractivity contribution in [3.63, 3.8) is 0 Å². The lowest BCUT2D eigenvalue weighted by Crippen LogP contribution is -2.31. The maximum Gasteiger partial charge on any atom is 0.117 e. The molecule has 0 spiro atoms. The Hall–Kier alpha value is -0.800. The van der Waals surface area contributed by atoms with Gasteiger partial charge in [-0.3, -0.25) is 0 Å². The summed E-state index contributed by atoms with van der Waals surface area (Å²) in [6.07, 6.45) is 4.07. The number of hydrogen-bond acceptors (Lipinski definition) is 3. The van der Waals surface area contributed by atoms with Gasteiger partial charge < -0.3 is 14.6 Å². The molecule has 1 aliphatic carbocycles. The molecular formula is C17H28N2O. The Labute approximate surface area is 122 Å². The minimum atomic E-state index is 0.692. The molecule has 0 amide bonds. The highest BCUT2D eigenvalue weighted by Gasteiger charge is 2.36. The molecule has 3 rings (SSSR count). The van der Waals surface area contributed by atoms with E-state index in [0.29, 0.717) is 11.8 Å². The molecule has 3 nitrogen and oxygen atoms in total. The lowest BCUT2D eigenvalue weighted by atomic mass is 10.1. The number of nitrogens with zero attached hydrogens (tertiary/aromatic N) is 1. The fraction of sp³-hybridized carbons (Fsp3) is 0.765. The minimum Gasteiger partial charge on any atom is -0.464 e. The van der Waals surface area contributed by atoms with Gasteiger partial charge in [-0.15, -0.1) is 0 Å². The molecule has 1 saturated heterocycles. The van der Waals surface area contributed by atoms with Crippen LogP contribution in [0.4, 0.5) is 0 Å². The number of nitrogens with one attached hydrogen (secondary N) is 1. The molecule has 2 heterocycles. The van der Waals surface area contributed by atoms with Crippen molar-refractivity contribution in [3.8, 4) is 0 Å². The number of hydrogen-bond donors (Lipinski definition) is 1. The first-order valence-corrected chi connectivity index (χ1v) is 8.24. The molecule has 0 aromatic carbocycles. The van der Waals surface area contributed by atoms with E-state index in [1.54, 1.807) is 0 Å². The van der Waals surface area contributed by atoms with E-state index in [0.717, 1.165) is 24.8 Å². The van der Waals surface area contributed by atoms with Crippen molar-refractivity contribution in [2.24, 2.45) is 11.8 Å². The summed E-state index contributed by atoms with van der Waals surface area (Å²) in [5.74, 6) is 4.51. The second kappa shape index (κ2) is 6.31. The zero-order chi connectivity index (χ0) is 13.9. The first-order valence-electron chi connectivity index (χ1n) is 8.24. The molecule has 3 heteroatoms. The Morgan fingerprint density at radius 3 is 2.80 bits per heavy atom. The van der Waals surface area contributed by atoms with E-state index in [2.05, 4.69) is 36.2 Å². The van der Waals surface area contributed by atoms with Crippen LogP contribution in [0, 0.1) is 11.8 Å². The Kier molecular flexibility index (Phi) is 4.47. The standard InChI is InChI=1S/C17H28N2O/c1-13(12-19-7-3-4-8-19)10-18-11-15-5-6-17(20-15)16-9-14(16)2/h5-6,13-14,16,18H,3-4,7-12H2,1-2H3. The SMILES string of the molecule is CC(CNCc1ccc(C2CC2C)o1)CN1CCCC1. The number of furan rings is 1. The molecule has 20 heavy (non-hydrogen) atoms. The van der Waals surface area contributed by atoms with Crippen LogP contribution < -0.4 is 5.32 Å². The van der Waals surface area contributed by atoms with Crippen LogP contribution in [0.5, 0.6) is 0 Å². The van der Waals surface area contributed by atoms with E-state index >= 15 is 0 Å². The molecule has 2 aliphatic rings. The molecule has 1 aromatic heterocycles. The largest absolute Gasteiger partial charge is 0.464 e. The number of rotatable bonds is 7. The Bertz CT molecular complexity index is 422. The summed E-state index contributed by atoms with van der Waals surface area (Å²) in [4.78, 5) is 2.59. The second-order valence-corrected chi connectivity index (χ2v) is 6.87. The third kappa shape index (κ3) is 3.64. The van der Waals surface area contributed by atoms with Gasteiger partial charge in [-0.1, -0.05) is 13.8 Å². The van der Waals surface area contributed by atoms with E-state index in [1.807, 2.05) is 0 Å². The van der Waals surface area contributed by atoms with Gasteiger partial charge in [0, 0.05) is 12.5 Å². The summed E-state index contributed by atoms with van der Waals surface area (Å²) in [5.41, 5.74) is 0. The summed E-state index contributed by atoms with van der Waals surface area (Å²) < 4.78 is 5.92. The molecule has 3 unspecified atom stereocenters. The monoisotopic (exact) mass is 276 g/mol. The van der Waals surface area contributed by atoms with Gasteiger partial charge in [0.05, 0.1) is 6.54 Å². The highest BCUT2D eigenvalue weighted by atomic mass is 16.3. The van der Waals surface area contributed by atoms with Crippen molar-refractivity contribution in [2.75, 3.05) is 26.2 Å². The highest BCUT2D eigenvalue weighted by Crippen LogP contribution is 2.47. The second-order valence-electron chi connectivity index (χ2n) is 6.87. The predicted octanol–water partition coefficient (Wildman–Crippen LogP) is 3.22. The van der Waals surface area contributed by atoms with Crippen LogP contribution in [0.25, 0.3) is 0 Å². The fourth-order valence-corrected chi connectivity index (χ4v) is 3.32. The molecule has 2 fully saturated rings. The minimum absolute atomic E-state index is 0.692. The van der Waals surface area contributed by atoms with Crippen molar-refractivity contribution in [1.82, 2.24) is 10.2 Å². The third-order valence-electron chi connectivity index (χ3n) is 4.72. The van der Waals surface area contributed by atoms with Gasteiger partial charge in [0.25, 0.3) is 0 Å². The van der Waals surface area contributed by atoms with Gasteiger partial charge >= 0.3 is 0 Å². The summed E-state index contributed by atoms with van der Waals surface area (Å²) in [7, 11) is 0. The van der Waals surface area contributed by atoms with Crippen LogP contribution in [0.3, 0.4) is 0 Å². The molecule has 1 aliphatic heterocycles.